The topological polar surface area (TPSA) is 81.6 Å². The van der Waals surface area contributed by atoms with E-state index in [0.29, 0.717) is 11.1 Å². The second kappa shape index (κ2) is 9.21. The number of nitrogens with zero attached hydrogens (tertiary/aromatic N) is 2. The summed E-state index contributed by atoms with van der Waals surface area (Å²) < 4.78 is 3.16. The first kappa shape index (κ1) is 22.8. The maximum atomic E-state index is 13.3. The van der Waals surface area contributed by atoms with E-state index in [4.69, 9.17) is 0 Å². The molecule has 0 aromatic carbocycles. The number of aromatic nitrogens is 2. The summed E-state index contributed by atoms with van der Waals surface area (Å²) in [5.41, 5.74) is 5.80. The van der Waals surface area contributed by atoms with Crippen LogP contribution in [0.25, 0.3) is 5.52 Å². The van der Waals surface area contributed by atoms with Crippen molar-refractivity contribution in [2.24, 2.45) is 0 Å². The van der Waals surface area contributed by atoms with Gasteiger partial charge in [0.25, 0.3) is 11.5 Å². The molecule has 4 heterocycles. The summed E-state index contributed by atoms with van der Waals surface area (Å²) in [7, 11) is 0. The maximum Gasteiger partial charge on any atom is 0.253 e. The summed E-state index contributed by atoms with van der Waals surface area (Å²) in [6, 6.07) is 6.04. The van der Waals surface area contributed by atoms with Gasteiger partial charge in [-0.05, 0) is 73.0 Å². The van der Waals surface area contributed by atoms with Crippen LogP contribution in [0.1, 0.15) is 51.4 Å². The smallest absolute Gasteiger partial charge is 0.253 e. The molecule has 0 spiro atoms. The van der Waals surface area contributed by atoms with Crippen molar-refractivity contribution >= 4 is 27.4 Å². The average Bonchev–Trinajstić information content (AvgIpc) is 3.12. The molecule has 3 aromatic heterocycles. The number of aryl methyl sites for hydroxylation is 2. The lowest BCUT2D eigenvalue weighted by Gasteiger charge is -2.34. The summed E-state index contributed by atoms with van der Waals surface area (Å²) in [5.74, 6) is -0.171. The van der Waals surface area contributed by atoms with Crippen molar-refractivity contribution in [1.82, 2.24) is 24.9 Å². The molecule has 0 saturated carbocycles. The van der Waals surface area contributed by atoms with Gasteiger partial charge in [-0.2, -0.15) is 0 Å². The van der Waals surface area contributed by atoms with Gasteiger partial charge >= 0.3 is 0 Å². The zero-order chi connectivity index (χ0) is 23.0. The Bertz CT molecular complexity index is 1220. The van der Waals surface area contributed by atoms with E-state index in [0.717, 1.165) is 58.7 Å². The minimum atomic E-state index is -0.171. The van der Waals surface area contributed by atoms with Gasteiger partial charge < -0.3 is 20.0 Å². The highest BCUT2D eigenvalue weighted by molar-refractivity contribution is 9.10. The number of hydrogen-bond acceptors (Lipinski definition) is 4. The third kappa shape index (κ3) is 4.40. The predicted octanol–water partition coefficient (Wildman–Crippen LogP) is 3.21. The zero-order valence-electron chi connectivity index (χ0n) is 19.0. The molecule has 4 rings (SSSR count). The van der Waals surface area contributed by atoms with E-state index in [1.807, 2.05) is 39.0 Å². The number of hydrogen-bond donors (Lipinski definition) is 3. The molecular formula is C24H30BrN5O2. The number of amides is 1. The van der Waals surface area contributed by atoms with Crippen LogP contribution < -0.4 is 16.2 Å². The van der Waals surface area contributed by atoms with Crippen molar-refractivity contribution in [3.8, 4) is 0 Å². The molecule has 1 fully saturated rings. The molecule has 170 valence electrons. The van der Waals surface area contributed by atoms with Crippen LogP contribution in [-0.4, -0.2) is 46.4 Å². The number of nitrogens with one attached hydrogen (secondary N) is 3. The summed E-state index contributed by atoms with van der Waals surface area (Å²) in [4.78, 5) is 30.9. The van der Waals surface area contributed by atoms with E-state index in [1.165, 1.54) is 0 Å². The molecule has 3 N–H and O–H groups in total. The van der Waals surface area contributed by atoms with E-state index in [2.05, 4.69) is 54.0 Å². The second-order valence-electron chi connectivity index (χ2n) is 8.61. The van der Waals surface area contributed by atoms with E-state index in [9.17, 15) is 9.59 Å². The molecule has 1 unspecified atom stereocenters. The highest BCUT2D eigenvalue weighted by Gasteiger charge is 2.25. The highest BCUT2D eigenvalue weighted by Crippen LogP contribution is 2.30. The fraction of sp³-hybridized carbons (Fsp3) is 0.417. The Kier molecular flexibility index (Phi) is 6.55. The first-order valence-electron chi connectivity index (χ1n) is 11.0. The lowest BCUT2D eigenvalue weighted by atomic mass is 10.0. The van der Waals surface area contributed by atoms with Crippen molar-refractivity contribution in [3.63, 3.8) is 0 Å². The standard InChI is InChI=1S/C24H30BrN5O2/c1-14-9-15(2)28-24(32)21(14)12-27-23(31)20-11-19-10-18(25)13-30(19)22(16(20)3)17(4)29-7-5-26-6-8-29/h9-11,13,17,26H,5-8,12H2,1-4H3,(H,27,31)(H,28,32). The molecule has 1 aliphatic rings. The average molecular weight is 500 g/mol. The Morgan fingerprint density at radius 1 is 1.19 bits per heavy atom. The largest absolute Gasteiger partial charge is 0.348 e. The van der Waals surface area contributed by atoms with Crippen LogP contribution in [0.3, 0.4) is 0 Å². The fourth-order valence-corrected chi connectivity index (χ4v) is 5.14. The minimum absolute atomic E-state index is 0.154. The summed E-state index contributed by atoms with van der Waals surface area (Å²) in [5, 5.41) is 6.37. The first-order chi connectivity index (χ1) is 15.3. The molecule has 1 amide bonds. The Hall–Kier alpha value is -2.42. The van der Waals surface area contributed by atoms with E-state index in [-0.39, 0.29) is 24.1 Å². The Morgan fingerprint density at radius 3 is 2.59 bits per heavy atom. The lowest BCUT2D eigenvalue weighted by Crippen LogP contribution is -2.45. The first-order valence-corrected chi connectivity index (χ1v) is 11.8. The third-order valence-electron chi connectivity index (χ3n) is 6.42. The number of fused-ring (bicyclic) bond motifs is 1. The molecule has 0 radical (unpaired) electrons. The highest BCUT2D eigenvalue weighted by atomic mass is 79.9. The van der Waals surface area contributed by atoms with Gasteiger partial charge in [-0.3, -0.25) is 14.5 Å². The second-order valence-corrected chi connectivity index (χ2v) is 9.52. The molecule has 1 aliphatic heterocycles. The number of aromatic amines is 1. The van der Waals surface area contributed by atoms with Gasteiger partial charge in [0, 0.05) is 77.5 Å². The van der Waals surface area contributed by atoms with Crippen LogP contribution in [0.5, 0.6) is 0 Å². The molecule has 7 nitrogen and oxygen atoms in total. The number of carbonyl (C=O) groups is 1. The summed E-state index contributed by atoms with van der Waals surface area (Å²) in [6.45, 7) is 12.0. The van der Waals surface area contributed by atoms with Gasteiger partial charge in [-0.1, -0.05) is 0 Å². The summed E-state index contributed by atoms with van der Waals surface area (Å²) >= 11 is 3.59. The zero-order valence-corrected chi connectivity index (χ0v) is 20.6. The monoisotopic (exact) mass is 499 g/mol. The normalized spacial score (nSPS) is 15.8. The lowest BCUT2D eigenvalue weighted by molar-refractivity contribution is 0.0949. The van der Waals surface area contributed by atoms with Gasteiger partial charge in [0.05, 0.1) is 0 Å². The molecule has 1 saturated heterocycles. The van der Waals surface area contributed by atoms with E-state index >= 15 is 0 Å². The van der Waals surface area contributed by atoms with Crippen molar-refractivity contribution in [2.75, 3.05) is 26.2 Å². The molecular weight excluding hydrogens is 470 g/mol. The van der Waals surface area contributed by atoms with Gasteiger partial charge in [0.1, 0.15) is 0 Å². The molecule has 0 bridgehead atoms. The number of halogens is 1. The van der Waals surface area contributed by atoms with Gasteiger partial charge in [-0.25, -0.2) is 0 Å². The predicted molar refractivity (Wildman–Crippen MR) is 130 cm³/mol. The quantitative estimate of drug-likeness (QED) is 0.503. The van der Waals surface area contributed by atoms with Gasteiger partial charge in [-0.15, -0.1) is 0 Å². The third-order valence-corrected chi connectivity index (χ3v) is 6.85. The van der Waals surface area contributed by atoms with E-state index < -0.39 is 0 Å². The van der Waals surface area contributed by atoms with Crippen LogP contribution in [0.4, 0.5) is 0 Å². The van der Waals surface area contributed by atoms with Gasteiger partial charge in [0.2, 0.25) is 0 Å². The van der Waals surface area contributed by atoms with Crippen molar-refractivity contribution < 1.29 is 4.79 Å². The fourth-order valence-electron chi connectivity index (χ4n) is 4.70. The Labute approximate surface area is 196 Å². The molecule has 8 heteroatoms. The van der Waals surface area contributed by atoms with Gasteiger partial charge in [0.15, 0.2) is 0 Å². The molecule has 3 aromatic rings. The van der Waals surface area contributed by atoms with Crippen molar-refractivity contribution in [2.45, 2.75) is 40.3 Å². The van der Waals surface area contributed by atoms with Crippen LogP contribution >= 0.6 is 15.9 Å². The number of pyridine rings is 2. The maximum absolute atomic E-state index is 13.3. The molecule has 32 heavy (non-hydrogen) atoms. The van der Waals surface area contributed by atoms with E-state index in [1.54, 1.807) is 0 Å². The number of H-pyrrole nitrogens is 1. The van der Waals surface area contributed by atoms with Crippen molar-refractivity contribution in [1.29, 1.82) is 0 Å². The number of carbonyl (C=O) groups excluding carboxylic acids is 1. The Morgan fingerprint density at radius 2 is 1.91 bits per heavy atom. The van der Waals surface area contributed by atoms with Crippen molar-refractivity contribution in [3.05, 3.63) is 72.9 Å². The van der Waals surface area contributed by atoms with Crippen LogP contribution in [-0.2, 0) is 6.54 Å². The number of piperazine rings is 1. The number of rotatable bonds is 5. The Balaban J connectivity index is 1.69. The molecule has 0 aliphatic carbocycles. The van der Waals surface area contributed by atoms with Crippen LogP contribution in [0.15, 0.2) is 33.7 Å². The summed E-state index contributed by atoms with van der Waals surface area (Å²) in [6.07, 6.45) is 2.06. The van der Waals surface area contributed by atoms with Crippen LogP contribution in [0.2, 0.25) is 0 Å². The molecule has 1 atom stereocenters. The van der Waals surface area contributed by atoms with Crippen LogP contribution in [0, 0.1) is 20.8 Å². The SMILES string of the molecule is Cc1cc(C)c(CNC(=O)c2cc3cc(Br)cn3c(C(C)N3CCNCC3)c2C)c(=O)[nH]1. The minimum Gasteiger partial charge on any atom is -0.348 e.